The van der Waals surface area contributed by atoms with Crippen molar-refractivity contribution in [2.75, 3.05) is 20.8 Å². The van der Waals surface area contributed by atoms with E-state index < -0.39 is 0 Å². The number of carbonyl (C=O) groups excluding carboxylic acids is 1. The first-order valence-corrected chi connectivity index (χ1v) is 9.46. The largest absolute Gasteiger partial charge is 0.493 e. The molecule has 3 aromatic rings. The van der Waals surface area contributed by atoms with Crippen molar-refractivity contribution >= 4 is 5.91 Å². The van der Waals surface area contributed by atoms with Crippen molar-refractivity contribution in [2.24, 2.45) is 0 Å². The summed E-state index contributed by atoms with van der Waals surface area (Å²) in [5.41, 5.74) is 2.53. The average Bonchev–Trinajstić information content (AvgIpc) is 2.78. The molecule has 0 heterocycles. The predicted octanol–water partition coefficient (Wildman–Crippen LogP) is 4.26. The van der Waals surface area contributed by atoms with E-state index in [9.17, 15) is 4.79 Å². The fourth-order valence-electron chi connectivity index (χ4n) is 3.00. The molecule has 0 unspecified atom stereocenters. The third-order valence-electron chi connectivity index (χ3n) is 4.55. The Morgan fingerprint density at radius 2 is 1.59 bits per heavy atom. The first-order valence-electron chi connectivity index (χ1n) is 9.46. The van der Waals surface area contributed by atoms with E-state index in [1.165, 1.54) is 0 Å². The molecule has 0 aliphatic rings. The maximum absolute atomic E-state index is 12.7. The Morgan fingerprint density at radius 3 is 2.34 bits per heavy atom. The monoisotopic (exact) mass is 391 g/mol. The first kappa shape index (κ1) is 20.3. The van der Waals surface area contributed by atoms with Gasteiger partial charge in [0.15, 0.2) is 11.5 Å². The molecule has 150 valence electrons. The smallest absolute Gasteiger partial charge is 0.251 e. The second kappa shape index (κ2) is 10.2. The molecule has 0 saturated heterocycles. The zero-order valence-electron chi connectivity index (χ0n) is 16.7. The van der Waals surface area contributed by atoms with Crippen LogP contribution in [0.4, 0.5) is 0 Å². The topological polar surface area (TPSA) is 56.8 Å². The minimum Gasteiger partial charge on any atom is -0.493 e. The normalized spacial score (nSPS) is 10.3. The van der Waals surface area contributed by atoms with Crippen LogP contribution >= 0.6 is 0 Å². The highest BCUT2D eigenvalue weighted by Crippen LogP contribution is 2.27. The maximum Gasteiger partial charge on any atom is 0.251 e. The minimum absolute atomic E-state index is 0.113. The Morgan fingerprint density at radius 1 is 0.862 bits per heavy atom. The summed E-state index contributed by atoms with van der Waals surface area (Å²) in [6, 6.07) is 22.8. The van der Waals surface area contributed by atoms with Gasteiger partial charge in [0.25, 0.3) is 5.91 Å². The Bertz CT molecular complexity index is 941. The summed E-state index contributed by atoms with van der Waals surface area (Å²) in [6.07, 6.45) is 0.689. The molecular weight excluding hydrogens is 366 g/mol. The van der Waals surface area contributed by atoms with Crippen molar-refractivity contribution in [1.82, 2.24) is 5.32 Å². The van der Waals surface area contributed by atoms with Crippen LogP contribution in [-0.2, 0) is 13.0 Å². The van der Waals surface area contributed by atoms with E-state index in [4.69, 9.17) is 14.2 Å². The number of rotatable bonds is 9. The van der Waals surface area contributed by atoms with E-state index in [1.807, 2.05) is 72.8 Å². The molecule has 0 aliphatic carbocycles. The average molecular weight is 391 g/mol. The van der Waals surface area contributed by atoms with Crippen LogP contribution in [0.2, 0.25) is 0 Å². The molecule has 5 heteroatoms. The maximum atomic E-state index is 12.7. The van der Waals surface area contributed by atoms with E-state index in [0.29, 0.717) is 36.6 Å². The van der Waals surface area contributed by atoms with E-state index >= 15 is 0 Å². The van der Waals surface area contributed by atoms with Gasteiger partial charge in [0, 0.05) is 17.7 Å². The summed E-state index contributed by atoms with van der Waals surface area (Å²) in [5.74, 6) is 2.03. The summed E-state index contributed by atoms with van der Waals surface area (Å²) in [4.78, 5) is 12.7. The van der Waals surface area contributed by atoms with E-state index in [2.05, 4.69) is 5.32 Å². The lowest BCUT2D eigenvalue weighted by Crippen LogP contribution is -2.27. The van der Waals surface area contributed by atoms with Crippen LogP contribution in [0.3, 0.4) is 0 Å². The Kier molecular flexibility index (Phi) is 7.11. The summed E-state index contributed by atoms with van der Waals surface area (Å²) < 4.78 is 16.4. The highest BCUT2D eigenvalue weighted by Gasteiger charge is 2.11. The molecule has 5 nitrogen and oxygen atoms in total. The SMILES string of the molecule is COc1ccc(CCNC(=O)c2ccccc2COc2ccccc2)cc1OC. The van der Waals surface area contributed by atoms with Crippen LogP contribution in [0.15, 0.2) is 72.8 Å². The summed E-state index contributed by atoms with van der Waals surface area (Å²) in [6.45, 7) is 0.853. The molecule has 0 spiro atoms. The molecular formula is C24H25NO4. The number of para-hydroxylation sites is 1. The first-order chi connectivity index (χ1) is 14.2. The Balaban J connectivity index is 1.58. The van der Waals surface area contributed by atoms with Gasteiger partial charge in [-0.1, -0.05) is 42.5 Å². The fourth-order valence-corrected chi connectivity index (χ4v) is 3.00. The standard InChI is InChI=1S/C24H25NO4/c1-27-22-13-12-18(16-23(22)28-2)14-15-25-24(26)21-11-7-6-8-19(21)17-29-20-9-4-3-5-10-20/h3-13,16H,14-15,17H2,1-2H3,(H,25,26). The van der Waals surface area contributed by atoms with Gasteiger partial charge in [-0.15, -0.1) is 0 Å². The number of benzene rings is 3. The molecule has 0 bridgehead atoms. The van der Waals surface area contributed by atoms with Crippen LogP contribution in [0.25, 0.3) is 0 Å². The lowest BCUT2D eigenvalue weighted by Gasteiger charge is -2.12. The Hall–Kier alpha value is -3.47. The van der Waals surface area contributed by atoms with Crippen molar-refractivity contribution in [2.45, 2.75) is 13.0 Å². The van der Waals surface area contributed by atoms with Crippen molar-refractivity contribution in [3.05, 3.63) is 89.5 Å². The van der Waals surface area contributed by atoms with E-state index in [0.717, 1.165) is 16.9 Å². The quantitative estimate of drug-likeness (QED) is 0.592. The zero-order chi connectivity index (χ0) is 20.5. The summed E-state index contributed by atoms with van der Waals surface area (Å²) in [7, 11) is 3.22. The lowest BCUT2D eigenvalue weighted by molar-refractivity contribution is 0.0951. The number of carbonyl (C=O) groups is 1. The van der Waals surface area contributed by atoms with Gasteiger partial charge in [-0.2, -0.15) is 0 Å². The van der Waals surface area contributed by atoms with Crippen LogP contribution < -0.4 is 19.5 Å². The van der Waals surface area contributed by atoms with Crippen LogP contribution in [0, 0.1) is 0 Å². The van der Waals surface area contributed by atoms with Gasteiger partial charge in [-0.3, -0.25) is 4.79 Å². The molecule has 0 aromatic heterocycles. The van der Waals surface area contributed by atoms with Gasteiger partial charge in [0.2, 0.25) is 0 Å². The molecule has 29 heavy (non-hydrogen) atoms. The predicted molar refractivity (Wildman–Crippen MR) is 113 cm³/mol. The van der Waals surface area contributed by atoms with Crippen molar-refractivity contribution in [1.29, 1.82) is 0 Å². The number of amides is 1. The molecule has 0 saturated carbocycles. The van der Waals surface area contributed by atoms with Gasteiger partial charge < -0.3 is 19.5 Å². The van der Waals surface area contributed by atoms with Crippen molar-refractivity contribution in [3.63, 3.8) is 0 Å². The molecule has 0 atom stereocenters. The number of nitrogens with one attached hydrogen (secondary N) is 1. The van der Waals surface area contributed by atoms with Crippen LogP contribution in [0.1, 0.15) is 21.5 Å². The third kappa shape index (κ3) is 5.51. The fraction of sp³-hybridized carbons (Fsp3) is 0.208. The second-order valence-corrected chi connectivity index (χ2v) is 6.45. The summed E-state index contributed by atoms with van der Waals surface area (Å²) >= 11 is 0. The summed E-state index contributed by atoms with van der Waals surface area (Å²) in [5, 5.41) is 2.99. The van der Waals surface area contributed by atoms with Gasteiger partial charge >= 0.3 is 0 Å². The highest BCUT2D eigenvalue weighted by molar-refractivity contribution is 5.95. The molecule has 1 N–H and O–H groups in total. The highest BCUT2D eigenvalue weighted by atomic mass is 16.5. The van der Waals surface area contributed by atoms with Gasteiger partial charge in [-0.25, -0.2) is 0 Å². The van der Waals surface area contributed by atoms with Crippen molar-refractivity contribution in [3.8, 4) is 17.2 Å². The van der Waals surface area contributed by atoms with Crippen LogP contribution in [0.5, 0.6) is 17.2 Å². The van der Waals surface area contributed by atoms with Crippen LogP contribution in [-0.4, -0.2) is 26.7 Å². The second-order valence-electron chi connectivity index (χ2n) is 6.45. The number of hydrogen-bond donors (Lipinski definition) is 1. The number of methoxy groups -OCH3 is 2. The third-order valence-corrected chi connectivity index (χ3v) is 4.55. The van der Waals surface area contributed by atoms with Gasteiger partial charge in [0.1, 0.15) is 12.4 Å². The Labute approximate surface area is 171 Å². The number of hydrogen-bond acceptors (Lipinski definition) is 4. The van der Waals surface area contributed by atoms with E-state index in [-0.39, 0.29) is 5.91 Å². The number of ether oxygens (including phenoxy) is 3. The molecule has 1 amide bonds. The molecule has 0 aliphatic heterocycles. The van der Waals surface area contributed by atoms with Gasteiger partial charge in [0.05, 0.1) is 14.2 Å². The van der Waals surface area contributed by atoms with E-state index in [1.54, 1.807) is 14.2 Å². The zero-order valence-corrected chi connectivity index (χ0v) is 16.7. The lowest BCUT2D eigenvalue weighted by atomic mass is 10.1. The minimum atomic E-state index is -0.113. The molecule has 3 aromatic carbocycles. The molecule has 0 fully saturated rings. The van der Waals surface area contributed by atoms with Gasteiger partial charge in [-0.05, 0) is 42.3 Å². The molecule has 0 radical (unpaired) electrons. The molecule has 3 rings (SSSR count). The van der Waals surface area contributed by atoms with Crippen molar-refractivity contribution < 1.29 is 19.0 Å².